The number of ether oxygens (including phenoxy) is 2. The molecule has 6 nitrogen and oxygen atoms in total. The molecule has 0 saturated heterocycles. The highest BCUT2D eigenvalue weighted by molar-refractivity contribution is 5.81. The maximum Gasteiger partial charge on any atom is 0.264 e. The topological polar surface area (TPSA) is 64.6 Å². The largest absolute Gasteiger partial charge is 0.497 e. The maximum atomic E-state index is 12.8. The Balaban J connectivity index is 1.64. The van der Waals surface area contributed by atoms with Crippen LogP contribution in [-0.2, 0) is 24.3 Å². The Morgan fingerprint density at radius 1 is 1.23 bits per heavy atom. The molecule has 6 heteroatoms. The van der Waals surface area contributed by atoms with Crippen molar-refractivity contribution in [2.24, 2.45) is 5.92 Å². The van der Waals surface area contributed by atoms with E-state index in [0.717, 1.165) is 23.5 Å². The Hall–Kier alpha value is -2.63. The van der Waals surface area contributed by atoms with E-state index in [2.05, 4.69) is 23.8 Å². The highest BCUT2D eigenvalue weighted by atomic mass is 16.5. The first kappa shape index (κ1) is 18.2. The molecule has 1 aromatic carbocycles. The molecule has 2 aromatic rings. The van der Waals surface area contributed by atoms with E-state index in [1.54, 1.807) is 25.0 Å². The molecule has 1 aromatic heterocycles. The van der Waals surface area contributed by atoms with E-state index in [0.29, 0.717) is 30.5 Å². The van der Waals surface area contributed by atoms with Gasteiger partial charge >= 0.3 is 0 Å². The number of fused-ring (bicyclic) bond motifs is 1. The SMILES string of the molecule is COc1cccc(O[C@@H](C)C(=O)N2Cc3cnc(CC(C)C)nc3C2)c1. The highest BCUT2D eigenvalue weighted by Gasteiger charge is 2.29. The average Bonchev–Trinajstić information content (AvgIpc) is 3.03. The zero-order valence-corrected chi connectivity index (χ0v) is 15.7. The van der Waals surface area contributed by atoms with Crippen molar-refractivity contribution < 1.29 is 14.3 Å². The van der Waals surface area contributed by atoms with Crippen molar-refractivity contribution >= 4 is 5.91 Å². The third-order valence-electron chi connectivity index (χ3n) is 4.31. The van der Waals surface area contributed by atoms with E-state index in [9.17, 15) is 4.79 Å². The van der Waals surface area contributed by atoms with Crippen molar-refractivity contribution in [2.75, 3.05) is 7.11 Å². The molecule has 3 rings (SSSR count). The summed E-state index contributed by atoms with van der Waals surface area (Å²) in [5.74, 6) is 2.60. The highest BCUT2D eigenvalue weighted by Crippen LogP contribution is 2.24. The van der Waals surface area contributed by atoms with E-state index < -0.39 is 6.10 Å². The van der Waals surface area contributed by atoms with Crippen molar-refractivity contribution in [3.05, 3.63) is 47.5 Å². The number of aromatic nitrogens is 2. The molecule has 0 N–H and O–H groups in total. The Labute approximate surface area is 154 Å². The average molecular weight is 355 g/mol. The van der Waals surface area contributed by atoms with Gasteiger partial charge in [0.2, 0.25) is 0 Å². The molecule has 1 atom stereocenters. The molecule has 2 heterocycles. The van der Waals surface area contributed by atoms with Crippen LogP contribution in [0.1, 0.15) is 37.9 Å². The molecule has 0 saturated carbocycles. The predicted molar refractivity (Wildman–Crippen MR) is 97.9 cm³/mol. The normalized spacial score (nSPS) is 14.3. The van der Waals surface area contributed by atoms with Gasteiger partial charge in [-0.25, -0.2) is 9.97 Å². The Morgan fingerprint density at radius 3 is 2.73 bits per heavy atom. The summed E-state index contributed by atoms with van der Waals surface area (Å²) in [5.41, 5.74) is 1.96. The molecule has 0 fully saturated rings. The number of benzene rings is 1. The molecular formula is C20H25N3O3. The van der Waals surface area contributed by atoms with Gasteiger partial charge in [0.15, 0.2) is 6.10 Å². The summed E-state index contributed by atoms with van der Waals surface area (Å²) in [6, 6.07) is 7.26. The van der Waals surface area contributed by atoms with Gasteiger partial charge in [-0.05, 0) is 25.0 Å². The van der Waals surface area contributed by atoms with Crippen molar-refractivity contribution in [3.8, 4) is 11.5 Å². The van der Waals surface area contributed by atoms with Crippen molar-refractivity contribution in [1.82, 2.24) is 14.9 Å². The molecule has 0 bridgehead atoms. The van der Waals surface area contributed by atoms with Gasteiger partial charge in [0, 0.05) is 30.8 Å². The standard InChI is InChI=1S/C20H25N3O3/c1-13(2)8-19-21-10-15-11-23(12-18(15)22-19)20(24)14(3)26-17-7-5-6-16(9-17)25-4/h5-7,9-10,13-14H,8,11-12H2,1-4H3/t14-/m0/s1. The number of hydrogen-bond donors (Lipinski definition) is 0. The lowest BCUT2D eigenvalue weighted by molar-refractivity contribution is -0.138. The van der Waals surface area contributed by atoms with E-state index >= 15 is 0 Å². The fraction of sp³-hybridized carbons (Fsp3) is 0.450. The van der Waals surface area contributed by atoms with Crippen LogP contribution in [0.15, 0.2) is 30.5 Å². The Morgan fingerprint density at radius 2 is 2.00 bits per heavy atom. The first-order chi connectivity index (χ1) is 12.5. The summed E-state index contributed by atoms with van der Waals surface area (Å²) < 4.78 is 11.0. The molecule has 0 unspecified atom stereocenters. The van der Waals surface area contributed by atoms with Gasteiger partial charge in [-0.15, -0.1) is 0 Å². The number of hydrogen-bond acceptors (Lipinski definition) is 5. The van der Waals surface area contributed by atoms with Gasteiger partial charge in [-0.1, -0.05) is 19.9 Å². The lowest BCUT2D eigenvalue weighted by Gasteiger charge is -2.21. The van der Waals surface area contributed by atoms with E-state index in [-0.39, 0.29) is 5.91 Å². The number of carbonyl (C=O) groups excluding carboxylic acids is 1. The minimum atomic E-state index is -0.584. The van der Waals surface area contributed by atoms with Gasteiger partial charge < -0.3 is 14.4 Å². The van der Waals surface area contributed by atoms with Crippen LogP contribution in [0.25, 0.3) is 0 Å². The van der Waals surface area contributed by atoms with Crippen LogP contribution >= 0.6 is 0 Å². The zero-order valence-electron chi connectivity index (χ0n) is 15.7. The second-order valence-electron chi connectivity index (χ2n) is 6.99. The third kappa shape index (κ3) is 4.12. The smallest absolute Gasteiger partial charge is 0.264 e. The molecule has 1 amide bonds. The van der Waals surface area contributed by atoms with Gasteiger partial charge in [-0.2, -0.15) is 0 Å². The van der Waals surface area contributed by atoms with E-state index in [1.807, 2.05) is 24.4 Å². The van der Waals surface area contributed by atoms with Crippen LogP contribution in [0.3, 0.4) is 0 Å². The maximum absolute atomic E-state index is 12.8. The number of methoxy groups -OCH3 is 1. The van der Waals surface area contributed by atoms with E-state index in [4.69, 9.17) is 9.47 Å². The van der Waals surface area contributed by atoms with Crippen LogP contribution in [0.2, 0.25) is 0 Å². The summed E-state index contributed by atoms with van der Waals surface area (Å²) in [6.45, 7) is 7.09. The fourth-order valence-corrected chi connectivity index (χ4v) is 3.00. The van der Waals surface area contributed by atoms with Crippen LogP contribution < -0.4 is 9.47 Å². The van der Waals surface area contributed by atoms with Crippen molar-refractivity contribution in [3.63, 3.8) is 0 Å². The molecule has 0 spiro atoms. The van der Waals surface area contributed by atoms with Gasteiger partial charge in [0.25, 0.3) is 5.91 Å². The zero-order chi connectivity index (χ0) is 18.7. The minimum Gasteiger partial charge on any atom is -0.497 e. The molecule has 0 aliphatic carbocycles. The minimum absolute atomic E-state index is 0.0590. The summed E-state index contributed by atoms with van der Waals surface area (Å²) in [6.07, 6.45) is 2.11. The Kier molecular flexibility index (Phi) is 5.40. The van der Waals surface area contributed by atoms with Crippen molar-refractivity contribution in [1.29, 1.82) is 0 Å². The molecule has 0 radical (unpaired) electrons. The van der Waals surface area contributed by atoms with Gasteiger partial charge in [0.05, 0.1) is 19.3 Å². The predicted octanol–water partition coefficient (Wildman–Crippen LogP) is 2.99. The number of rotatable bonds is 6. The first-order valence-corrected chi connectivity index (χ1v) is 8.89. The van der Waals surface area contributed by atoms with E-state index in [1.165, 1.54) is 0 Å². The molecule has 1 aliphatic heterocycles. The van der Waals surface area contributed by atoms with Crippen LogP contribution in [-0.4, -0.2) is 34.0 Å². The fourth-order valence-electron chi connectivity index (χ4n) is 3.00. The van der Waals surface area contributed by atoms with Crippen LogP contribution in [0.5, 0.6) is 11.5 Å². The second kappa shape index (κ2) is 7.72. The summed E-state index contributed by atoms with van der Waals surface area (Å²) in [7, 11) is 1.60. The van der Waals surface area contributed by atoms with Gasteiger partial charge in [0.1, 0.15) is 17.3 Å². The number of amides is 1. The lowest BCUT2D eigenvalue weighted by Crippen LogP contribution is -2.37. The quantitative estimate of drug-likeness (QED) is 0.797. The molecular weight excluding hydrogens is 330 g/mol. The molecule has 1 aliphatic rings. The third-order valence-corrected chi connectivity index (χ3v) is 4.31. The Bertz CT molecular complexity index is 792. The summed E-state index contributed by atoms with van der Waals surface area (Å²) >= 11 is 0. The van der Waals surface area contributed by atoms with Crippen LogP contribution in [0, 0.1) is 5.92 Å². The first-order valence-electron chi connectivity index (χ1n) is 8.89. The number of carbonyl (C=O) groups is 1. The number of nitrogens with zero attached hydrogens (tertiary/aromatic N) is 3. The van der Waals surface area contributed by atoms with Gasteiger partial charge in [-0.3, -0.25) is 4.79 Å². The summed E-state index contributed by atoms with van der Waals surface area (Å²) in [4.78, 5) is 23.6. The van der Waals surface area contributed by atoms with Crippen LogP contribution in [0.4, 0.5) is 0 Å². The monoisotopic (exact) mass is 355 g/mol. The van der Waals surface area contributed by atoms with Crippen molar-refractivity contribution in [2.45, 2.75) is 46.4 Å². The second-order valence-corrected chi connectivity index (χ2v) is 6.99. The lowest BCUT2D eigenvalue weighted by atomic mass is 10.1. The molecule has 26 heavy (non-hydrogen) atoms. The summed E-state index contributed by atoms with van der Waals surface area (Å²) in [5, 5.41) is 0. The molecule has 138 valence electrons.